The van der Waals surface area contributed by atoms with E-state index in [0.717, 1.165) is 6.54 Å². The summed E-state index contributed by atoms with van der Waals surface area (Å²) in [5.41, 5.74) is 0. The maximum absolute atomic E-state index is 11.7. The number of methoxy groups -OCH3 is 1. The normalized spacial score (nSPS) is 43.6. The Balaban J connectivity index is 2.27. The number of likely N-dealkylation sites (N-methyl/N-ethyl adjacent to an activating group) is 1. The van der Waals surface area contributed by atoms with Crippen LogP contribution in [-0.4, -0.2) is 54.7 Å². The predicted molar refractivity (Wildman–Crippen MR) is 62.2 cm³/mol. The molecule has 2 aliphatic rings. The lowest BCUT2D eigenvalue weighted by atomic mass is 9.79. The van der Waals surface area contributed by atoms with Crippen molar-refractivity contribution in [1.29, 1.82) is 0 Å². The molecule has 2 fully saturated rings. The van der Waals surface area contributed by atoms with Crippen molar-refractivity contribution in [2.24, 2.45) is 11.8 Å². The molecule has 5 atom stereocenters. The minimum atomic E-state index is -0.173. The molecule has 0 aliphatic carbocycles. The summed E-state index contributed by atoms with van der Waals surface area (Å²) in [4.78, 5) is 16.1. The number of hydrogen-bond acceptors (Lipinski definition) is 3. The van der Waals surface area contributed by atoms with Gasteiger partial charge < -0.3 is 9.64 Å². The lowest BCUT2D eigenvalue weighted by molar-refractivity contribution is 0.0405. The third-order valence-electron chi connectivity index (χ3n) is 4.79. The number of carbonyl (C=O) groups is 1. The zero-order chi connectivity index (χ0) is 12.0. The number of amides is 1. The average Bonchev–Trinajstić information content (AvgIpc) is 2.57. The molecule has 1 amide bonds. The van der Waals surface area contributed by atoms with Crippen molar-refractivity contribution in [1.82, 2.24) is 9.80 Å². The molecule has 0 saturated carbocycles. The number of ether oxygens (including phenoxy) is 1. The van der Waals surface area contributed by atoms with E-state index in [-0.39, 0.29) is 6.09 Å². The van der Waals surface area contributed by atoms with E-state index in [2.05, 4.69) is 32.7 Å². The van der Waals surface area contributed by atoms with Crippen LogP contribution in [0.15, 0.2) is 0 Å². The standard InChI is InChI=1S/C12H22N2O2/c1-7-10-6-14(12(15)16-5)11(7)9(3)13(4)8(10)2/h7-11H,6H2,1-5H3. The lowest BCUT2D eigenvalue weighted by Gasteiger charge is -2.44. The van der Waals surface area contributed by atoms with Gasteiger partial charge in [0, 0.05) is 18.6 Å². The van der Waals surface area contributed by atoms with Gasteiger partial charge in [0.15, 0.2) is 0 Å². The first-order valence-corrected chi connectivity index (χ1v) is 6.05. The molecular formula is C12H22N2O2. The summed E-state index contributed by atoms with van der Waals surface area (Å²) in [5.74, 6) is 1.14. The van der Waals surface area contributed by atoms with Gasteiger partial charge in [-0.25, -0.2) is 4.79 Å². The van der Waals surface area contributed by atoms with Gasteiger partial charge in [-0.3, -0.25) is 4.90 Å². The molecule has 4 heteroatoms. The van der Waals surface area contributed by atoms with Crippen LogP contribution in [0.4, 0.5) is 4.79 Å². The number of fused-ring (bicyclic) bond motifs is 2. The minimum Gasteiger partial charge on any atom is -0.453 e. The van der Waals surface area contributed by atoms with E-state index in [9.17, 15) is 4.79 Å². The quantitative estimate of drug-likeness (QED) is 0.626. The van der Waals surface area contributed by atoms with Gasteiger partial charge in [0.05, 0.1) is 13.2 Å². The topological polar surface area (TPSA) is 32.8 Å². The summed E-state index contributed by atoms with van der Waals surface area (Å²) < 4.78 is 4.88. The van der Waals surface area contributed by atoms with E-state index in [4.69, 9.17) is 4.74 Å². The Bertz CT molecular complexity index is 295. The average molecular weight is 226 g/mol. The Morgan fingerprint density at radius 2 is 1.88 bits per heavy atom. The molecule has 0 spiro atoms. The largest absolute Gasteiger partial charge is 0.453 e. The third-order valence-corrected chi connectivity index (χ3v) is 4.79. The van der Waals surface area contributed by atoms with Crippen molar-refractivity contribution in [2.75, 3.05) is 20.7 Å². The van der Waals surface area contributed by atoms with Crippen LogP contribution in [0.5, 0.6) is 0 Å². The summed E-state index contributed by atoms with van der Waals surface area (Å²) in [6, 6.07) is 1.25. The van der Waals surface area contributed by atoms with E-state index in [1.54, 1.807) is 0 Å². The van der Waals surface area contributed by atoms with Crippen molar-refractivity contribution in [2.45, 2.75) is 38.9 Å². The van der Waals surface area contributed by atoms with Crippen LogP contribution in [0.3, 0.4) is 0 Å². The van der Waals surface area contributed by atoms with Crippen molar-refractivity contribution in [3.05, 3.63) is 0 Å². The highest BCUT2D eigenvalue weighted by atomic mass is 16.5. The SMILES string of the molecule is COC(=O)N1CC2C(C)C1C(C)N(C)C2C. The highest BCUT2D eigenvalue weighted by Crippen LogP contribution is 2.41. The molecule has 0 radical (unpaired) electrons. The minimum absolute atomic E-state index is 0.173. The summed E-state index contributed by atoms with van der Waals surface area (Å²) in [6.45, 7) is 7.57. The van der Waals surface area contributed by atoms with Crippen molar-refractivity contribution < 1.29 is 9.53 Å². The van der Waals surface area contributed by atoms with Crippen LogP contribution in [0.2, 0.25) is 0 Å². The van der Waals surface area contributed by atoms with Crippen LogP contribution in [-0.2, 0) is 4.74 Å². The maximum atomic E-state index is 11.7. The molecule has 0 aromatic rings. The molecule has 16 heavy (non-hydrogen) atoms. The van der Waals surface area contributed by atoms with Crippen molar-refractivity contribution in [3.63, 3.8) is 0 Å². The van der Waals surface area contributed by atoms with Crippen molar-refractivity contribution in [3.8, 4) is 0 Å². The molecule has 0 aromatic heterocycles. The number of rotatable bonds is 0. The second-order valence-corrected chi connectivity index (χ2v) is 5.28. The summed E-state index contributed by atoms with van der Waals surface area (Å²) in [6.07, 6.45) is -0.173. The third kappa shape index (κ3) is 1.43. The molecule has 0 N–H and O–H groups in total. The smallest absolute Gasteiger partial charge is 0.409 e. The molecule has 2 heterocycles. The van der Waals surface area contributed by atoms with Gasteiger partial charge in [-0.2, -0.15) is 0 Å². The molecule has 5 unspecified atom stereocenters. The summed E-state index contributed by atoms with van der Waals surface area (Å²) >= 11 is 0. The highest BCUT2D eigenvalue weighted by Gasteiger charge is 2.52. The molecule has 2 bridgehead atoms. The zero-order valence-electron chi connectivity index (χ0n) is 10.8. The molecule has 2 saturated heterocycles. The fourth-order valence-corrected chi connectivity index (χ4v) is 3.57. The van der Waals surface area contributed by atoms with Gasteiger partial charge in [-0.1, -0.05) is 6.92 Å². The second-order valence-electron chi connectivity index (χ2n) is 5.28. The maximum Gasteiger partial charge on any atom is 0.409 e. The Hall–Kier alpha value is -0.770. The first kappa shape index (κ1) is 11.7. The van der Waals surface area contributed by atoms with E-state index in [1.165, 1.54) is 7.11 Å². The fourth-order valence-electron chi connectivity index (χ4n) is 3.57. The number of likely N-dealkylation sites (tertiary alicyclic amines) is 2. The van der Waals surface area contributed by atoms with Gasteiger partial charge in [-0.15, -0.1) is 0 Å². The van der Waals surface area contributed by atoms with Gasteiger partial charge in [0.25, 0.3) is 0 Å². The van der Waals surface area contributed by atoms with Gasteiger partial charge in [0.2, 0.25) is 0 Å². The Labute approximate surface area is 97.5 Å². The number of hydrogen-bond donors (Lipinski definition) is 0. The molecule has 2 rings (SSSR count). The summed E-state index contributed by atoms with van der Waals surface area (Å²) in [5, 5.41) is 0. The van der Waals surface area contributed by atoms with Crippen LogP contribution >= 0.6 is 0 Å². The first-order chi connectivity index (χ1) is 7.49. The Morgan fingerprint density at radius 3 is 2.44 bits per heavy atom. The predicted octanol–water partition coefficient (Wildman–Crippen LogP) is 1.41. The van der Waals surface area contributed by atoms with E-state index < -0.39 is 0 Å². The highest BCUT2D eigenvalue weighted by molar-refractivity contribution is 5.68. The Morgan fingerprint density at radius 1 is 1.25 bits per heavy atom. The number of carbonyl (C=O) groups excluding carboxylic acids is 1. The molecule has 2 aliphatic heterocycles. The molecule has 92 valence electrons. The van der Waals surface area contributed by atoms with Crippen LogP contribution in [0.25, 0.3) is 0 Å². The van der Waals surface area contributed by atoms with Crippen LogP contribution in [0.1, 0.15) is 20.8 Å². The molecule has 0 aromatic carbocycles. The summed E-state index contributed by atoms with van der Waals surface area (Å²) in [7, 11) is 3.62. The van der Waals surface area contributed by atoms with E-state index in [0.29, 0.717) is 30.0 Å². The Kier molecular flexibility index (Phi) is 2.86. The zero-order valence-corrected chi connectivity index (χ0v) is 10.8. The van der Waals surface area contributed by atoms with E-state index >= 15 is 0 Å². The van der Waals surface area contributed by atoms with Crippen LogP contribution in [0, 0.1) is 11.8 Å². The molecule has 4 nitrogen and oxygen atoms in total. The van der Waals surface area contributed by atoms with Crippen LogP contribution < -0.4 is 0 Å². The number of nitrogens with zero attached hydrogens (tertiary/aromatic N) is 2. The van der Waals surface area contributed by atoms with Gasteiger partial charge in [0.1, 0.15) is 0 Å². The van der Waals surface area contributed by atoms with Gasteiger partial charge in [-0.05, 0) is 32.7 Å². The fraction of sp³-hybridized carbons (Fsp3) is 0.917. The first-order valence-electron chi connectivity index (χ1n) is 6.05. The monoisotopic (exact) mass is 226 g/mol. The van der Waals surface area contributed by atoms with Crippen molar-refractivity contribution >= 4 is 6.09 Å². The molecular weight excluding hydrogens is 204 g/mol. The number of piperidine rings is 1. The van der Waals surface area contributed by atoms with E-state index in [1.807, 2.05) is 4.90 Å². The lowest BCUT2D eigenvalue weighted by Crippen LogP contribution is -2.56. The van der Waals surface area contributed by atoms with Gasteiger partial charge >= 0.3 is 6.09 Å². The second kappa shape index (κ2) is 3.91.